The Hall–Kier alpha value is -1.04. The van der Waals surface area contributed by atoms with Gasteiger partial charge < -0.3 is 4.90 Å². The summed E-state index contributed by atoms with van der Waals surface area (Å²) in [7, 11) is 0. The molecule has 0 aromatic rings. The first-order valence-electron chi connectivity index (χ1n) is 6.85. The molecule has 2 aliphatic carbocycles. The van der Waals surface area contributed by atoms with Gasteiger partial charge >= 0.3 is 0 Å². The van der Waals surface area contributed by atoms with Crippen LogP contribution in [0.5, 0.6) is 0 Å². The normalized spacial score (nSPS) is 22.8. The van der Waals surface area contributed by atoms with Crippen LogP contribution in [0.4, 0.5) is 0 Å². The molecule has 2 aliphatic rings. The van der Waals surface area contributed by atoms with Crippen molar-refractivity contribution >= 4 is 5.91 Å². The molecule has 94 valence electrons. The third kappa shape index (κ3) is 2.80. The van der Waals surface area contributed by atoms with Gasteiger partial charge in [-0.15, -0.1) is 0 Å². The predicted molar refractivity (Wildman–Crippen MR) is 66.2 cm³/mol. The number of carbonyl (C=O) groups is 1. The van der Waals surface area contributed by atoms with Crippen LogP contribution in [-0.2, 0) is 4.79 Å². The molecule has 0 aliphatic heterocycles. The smallest absolute Gasteiger partial charge is 0.228 e. The molecule has 0 atom stereocenters. The van der Waals surface area contributed by atoms with Crippen LogP contribution in [0.1, 0.15) is 58.3 Å². The van der Waals surface area contributed by atoms with E-state index in [4.69, 9.17) is 5.26 Å². The second-order valence-electron chi connectivity index (χ2n) is 5.76. The topological polar surface area (TPSA) is 44.1 Å². The number of nitrogens with zero attached hydrogens (tertiary/aromatic N) is 2. The van der Waals surface area contributed by atoms with Crippen molar-refractivity contribution in [1.29, 1.82) is 5.26 Å². The zero-order chi connectivity index (χ0) is 12.3. The Kier molecular flexibility index (Phi) is 3.71. The zero-order valence-electron chi connectivity index (χ0n) is 10.7. The van der Waals surface area contributed by atoms with Crippen LogP contribution < -0.4 is 0 Å². The molecule has 0 heterocycles. The highest BCUT2D eigenvalue weighted by atomic mass is 16.2. The Morgan fingerprint density at radius 1 is 1.35 bits per heavy atom. The molecule has 0 N–H and O–H groups in total. The molecule has 1 amide bonds. The molecule has 2 saturated carbocycles. The van der Waals surface area contributed by atoms with Gasteiger partial charge in [0.1, 0.15) is 0 Å². The fourth-order valence-corrected chi connectivity index (χ4v) is 2.90. The summed E-state index contributed by atoms with van der Waals surface area (Å²) >= 11 is 0. The lowest BCUT2D eigenvalue weighted by molar-refractivity contribution is -0.143. The summed E-state index contributed by atoms with van der Waals surface area (Å²) in [6.07, 6.45) is 8.42. The van der Waals surface area contributed by atoms with Crippen molar-refractivity contribution in [2.75, 3.05) is 6.54 Å². The minimum Gasteiger partial charge on any atom is -0.338 e. The van der Waals surface area contributed by atoms with Crippen LogP contribution in [0.15, 0.2) is 0 Å². The largest absolute Gasteiger partial charge is 0.338 e. The minimum atomic E-state index is -0.143. The van der Waals surface area contributed by atoms with Crippen molar-refractivity contribution in [2.24, 2.45) is 5.41 Å². The molecule has 0 bridgehead atoms. The summed E-state index contributed by atoms with van der Waals surface area (Å²) < 4.78 is 0. The standard InChI is InChI=1S/C14H22N2O/c1-14(8-3-2-4-9-14)13(17)16(11-5-10-15)12-6-7-12/h12H,2-9,11H2,1H3. The van der Waals surface area contributed by atoms with Gasteiger partial charge in [0.2, 0.25) is 5.91 Å². The van der Waals surface area contributed by atoms with Gasteiger partial charge in [-0.1, -0.05) is 26.2 Å². The molecule has 0 saturated heterocycles. The van der Waals surface area contributed by atoms with Crippen molar-refractivity contribution < 1.29 is 4.79 Å². The quantitative estimate of drug-likeness (QED) is 0.750. The molecular formula is C14H22N2O. The van der Waals surface area contributed by atoms with E-state index in [1.165, 1.54) is 19.3 Å². The summed E-state index contributed by atoms with van der Waals surface area (Å²) in [5, 5.41) is 8.69. The fourth-order valence-electron chi connectivity index (χ4n) is 2.90. The molecule has 0 radical (unpaired) electrons. The maximum Gasteiger partial charge on any atom is 0.228 e. The van der Waals surface area contributed by atoms with Gasteiger partial charge in [-0.25, -0.2) is 0 Å². The Bertz CT molecular complexity index is 322. The molecule has 0 aromatic carbocycles. The highest BCUT2D eigenvalue weighted by Crippen LogP contribution is 2.40. The van der Waals surface area contributed by atoms with Gasteiger partial charge in [0.25, 0.3) is 0 Å². The number of hydrogen-bond acceptors (Lipinski definition) is 2. The summed E-state index contributed by atoms with van der Waals surface area (Å²) in [6, 6.07) is 2.60. The Balaban J connectivity index is 2.01. The van der Waals surface area contributed by atoms with Crippen molar-refractivity contribution in [3.05, 3.63) is 0 Å². The van der Waals surface area contributed by atoms with E-state index in [0.29, 0.717) is 24.9 Å². The molecule has 3 heteroatoms. The Labute approximate surface area is 104 Å². The lowest BCUT2D eigenvalue weighted by atomic mass is 9.74. The summed E-state index contributed by atoms with van der Waals surface area (Å²) in [5.41, 5.74) is -0.143. The van der Waals surface area contributed by atoms with E-state index in [1.807, 2.05) is 4.90 Å². The molecule has 2 rings (SSSR count). The average molecular weight is 234 g/mol. The van der Waals surface area contributed by atoms with Crippen LogP contribution in [0.3, 0.4) is 0 Å². The van der Waals surface area contributed by atoms with E-state index in [1.54, 1.807) is 0 Å². The van der Waals surface area contributed by atoms with E-state index >= 15 is 0 Å². The first-order chi connectivity index (χ1) is 8.17. The SMILES string of the molecule is CC1(C(=O)N(CCC#N)C2CC2)CCCCC1. The first kappa shape index (κ1) is 12.4. The average Bonchev–Trinajstić information content (AvgIpc) is 3.15. The van der Waals surface area contributed by atoms with Crippen LogP contribution >= 0.6 is 0 Å². The number of amides is 1. The molecule has 2 fully saturated rings. The lowest BCUT2D eigenvalue weighted by Crippen LogP contribution is -2.45. The predicted octanol–water partition coefficient (Wildman–Crippen LogP) is 2.86. The van der Waals surface area contributed by atoms with E-state index in [0.717, 1.165) is 25.7 Å². The van der Waals surface area contributed by atoms with E-state index in [-0.39, 0.29) is 5.41 Å². The molecule has 0 spiro atoms. The van der Waals surface area contributed by atoms with Crippen molar-refractivity contribution in [1.82, 2.24) is 4.90 Å². The van der Waals surface area contributed by atoms with E-state index < -0.39 is 0 Å². The van der Waals surface area contributed by atoms with Crippen LogP contribution in [0, 0.1) is 16.7 Å². The molecular weight excluding hydrogens is 212 g/mol. The second-order valence-corrected chi connectivity index (χ2v) is 5.76. The van der Waals surface area contributed by atoms with Gasteiger partial charge in [0, 0.05) is 18.0 Å². The number of carbonyl (C=O) groups excluding carboxylic acids is 1. The fraction of sp³-hybridized carbons (Fsp3) is 0.857. The van der Waals surface area contributed by atoms with Gasteiger partial charge in [-0.05, 0) is 25.7 Å². The third-order valence-electron chi connectivity index (χ3n) is 4.19. The van der Waals surface area contributed by atoms with Crippen LogP contribution in [0.2, 0.25) is 0 Å². The summed E-state index contributed by atoms with van der Waals surface area (Å²) in [5.74, 6) is 0.315. The Morgan fingerprint density at radius 3 is 2.53 bits per heavy atom. The summed E-state index contributed by atoms with van der Waals surface area (Å²) in [4.78, 5) is 14.6. The maximum atomic E-state index is 12.6. The number of nitriles is 1. The lowest BCUT2D eigenvalue weighted by Gasteiger charge is -2.37. The van der Waals surface area contributed by atoms with Crippen molar-refractivity contribution in [3.8, 4) is 6.07 Å². The van der Waals surface area contributed by atoms with Gasteiger partial charge in [0.15, 0.2) is 0 Å². The molecule has 17 heavy (non-hydrogen) atoms. The van der Waals surface area contributed by atoms with Crippen molar-refractivity contribution in [3.63, 3.8) is 0 Å². The third-order valence-corrected chi connectivity index (χ3v) is 4.19. The van der Waals surface area contributed by atoms with Crippen LogP contribution in [-0.4, -0.2) is 23.4 Å². The highest BCUT2D eigenvalue weighted by molar-refractivity contribution is 5.83. The number of hydrogen-bond donors (Lipinski definition) is 0. The molecule has 3 nitrogen and oxygen atoms in total. The molecule has 0 aromatic heterocycles. The van der Waals surface area contributed by atoms with Crippen LogP contribution in [0.25, 0.3) is 0 Å². The summed E-state index contributed by atoms with van der Waals surface area (Å²) in [6.45, 7) is 2.76. The van der Waals surface area contributed by atoms with E-state index in [2.05, 4.69) is 13.0 Å². The van der Waals surface area contributed by atoms with Gasteiger partial charge in [-0.2, -0.15) is 5.26 Å². The first-order valence-corrected chi connectivity index (χ1v) is 6.85. The van der Waals surface area contributed by atoms with Gasteiger partial charge in [-0.3, -0.25) is 4.79 Å². The monoisotopic (exact) mass is 234 g/mol. The number of rotatable bonds is 4. The maximum absolute atomic E-state index is 12.6. The Morgan fingerprint density at radius 2 is 2.00 bits per heavy atom. The van der Waals surface area contributed by atoms with Crippen molar-refractivity contribution in [2.45, 2.75) is 64.3 Å². The zero-order valence-corrected chi connectivity index (χ0v) is 10.7. The van der Waals surface area contributed by atoms with E-state index in [9.17, 15) is 4.79 Å². The minimum absolute atomic E-state index is 0.143. The van der Waals surface area contributed by atoms with Gasteiger partial charge in [0.05, 0.1) is 12.5 Å². The second kappa shape index (κ2) is 5.08. The molecule has 0 unspecified atom stereocenters. The highest BCUT2D eigenvalue weighted by Gasteiger charge is 2.42.